The molecule has 0 radical (unpaired) electrons. The van der Waals surface area contributed by atoms with E-state index in [1.165, 1.54) is 0 Å². The van der Waals surface area contributed by atoms with Crippen LogP contribution in [-0.2, 0) is 6.54 Å². The Kier molecular flexibility index (Phi) is 2.26. The van der Waals surface area contributed by atoms with Gasteiger partial charge in [0.1, 0.15) is 0 Å². The minimum Gasteiger partial charge on any atom is -0.369 e. The van der Waals surface area contributed by atoms with E-state index in [2.05, 4.69) is 10.1 Å². The Balaban J connectivity index is 2.14. The third-order valence-corrected chi connectivity index (χ3v) is 2.78. The van der Waals surface area contributed by atoms with Crippen molar-refractivity contribution in [2.45, 2.75) is 6.54 Å². The highest BCUT2D eigenvalue weighted by atomic mass is 35.5. The van der Waals surface area contributed by atoms with Crippen LogP contribution in [0.4, 0.5) is 5.95 Å². The van der Waals surface area contributed by atoms with Gasteiger partial charge < -0.3 is 14.8 Å². The summed E-state index contributed by atoms with van der Waals surface area (Å²) in [6.07, 6.45) is 1.59. The molecule has 0 aliphatic heterocycles. The largest absolute Gasteiger partial charge is 0.369 e. The van der Waals surface area contributed by atoms with Crippen LogP contribution >= 0.6 is 11.6 Å². The van der Waals surface area contributed by atoms with E-state index in [0.717, 1.165) is 16.8 Å². The molecule has 0 aliphatic carbocycles. The molecule has 1 aromatic carbocycles. The van der Waals surface area contributed by atoms with Gasteiger partial charge in [-0.1, -0.05) is 16.8 Å². The molecule has 0 amide bonds. The molecule has 0 unspecified atom stereocenters. The normalized spacial score (nSPS) is 11.1. The van der Waals surface area contributed by atoms with Crippen LogP contribution in [0.1, 0.15) is 5.76 Å². The summed E-state index contributed by atoms with van der Waals surface area (Å²) in [6.45, 7) is 0.489. The summed E-state index contributed by atoms with van der Waals surface area (Å²) < 4.78 is 6.89. The highest BCUT2D eigenvalue weighted by molar-refractivity contribution is 6.31. The number of halogens is 1. The van der Waals surface area contributed by atoms with Crippen LogP contribution in [0.5, 0.6) is 0 Å². The molecule has 0 aliphatic rings. The van der Waals surface area contributed by atoms with Gasteiger partial charge in [0.2, 0.25) is 5.95 Å². The van der Waals surface area contributed by atoms with Crippen molar-refractivity contribution in [3.63, 3.8) is 0 Å². The summed E-state index contributed by atoms with van der Waals surface area (Å²) in [7, 11) is 0. The molecule has 6 heteroatoms. The molecule has 0 saturated heterocycles. The smallest absolute Gasteiger partial charge is 0.201 e. The minimum absolute atomic E-state index is 0.429. The third kappa shape index (κ3) is 1.74. The molecule has 0 fully saturated rings. The van der Waals surface area contributed by atoms with Crippen LogP contribution in [0, 0.1) is 0 Å². The summed E-state index contributed by atoms with van der Waals surface area (Å²) in [6, 6.07) is 7.24. The Morgan fingerprint density at radius 2 is 2.24 bits per heavy atom. The number of benzene rings is 1. The number of nitrogens with two attached hydrogens (primary N) is 1. The lowest BCUT2D eigenvalue weighted by Crippen LogP contribution is -2.03. The van der Waals surface area contributed by atoms with Gasteiger partial charge in [0.25, 0.3) is 0 Å². The summed E-state index contributed by atoms with van der Waals surface area (Å²) >= 11 is 5.96. The Bertz CT molecular complexity index is 659. The van der Waals surface area contributed by atoms with Crippen LogP contribution in [0.15, 0.2) is 35.0 Å². The van der Waals surface area contributed by atoms with Crippen molar-refractivity contribution in [3.8, 4) is 0 Å². The Morgan fingerprint density at radius 1 is 1.35 bits per heavy atom. The van der Waals surface area contributed by atoms with E-state index in [1.54, 1.807) is 18.3 Å². The standard InChI is InChI=1S/C11H9ClN4O/c12-7-1-2-9-10(5-7)16(11(13)15-9)6-8-3-4-14-17-8/h1-5H,6H2,(H2,13,15). The second kappa shape index (κ2) is 3.78. The predicted octanol–water partition coefficient (Wildman–Crippen LogP) is 2.31. The van der Waals surface area contributed by atoms with Gasteiger partial charge in [0, 0.05) is 11.1 Å². The second-order valence-corrected chi connectivity index (χ2v) is 4.10. The average molecular weight is 249 g/mol. The molecular weight excluding hydrogens is 240 g/mol. The Morgan fingerprint density at radius 3 is 3.00 bits per heavy atom. The van der Waals surface area contributed by atoms with Crippen molar-refractivity contribution in [3.05, 3.63) is 41.2 Å². The van der Waals surface area contributed by atoms with Gasteiger partial charge in [-0.25, -0.2) is 4.98 Å². The fraction of sp³-hybridized carbons (Fsp3) is 0.0909. The first-order valence-corrected chi connectivity index (χ1v) is 5.42. The molecule has 5 nitrogen and oxygen atoms in total. The van der Waals surface area contributed by atoms with Gasteiger partial charge in [0.15, 0.2) is 5.76 Å². The highest BCUT2D eigenvalue weighted by Gasteiger charge is 2.10. The van der Waals surface area contributed by atoms with Crippen molar-refractivity contribution in [1.82, 2.24) is 14.7 Å². The lowest BCUT2D eigenvalue weighted by atomic mass is 10.3. The van der Waals surface area contributed by atoms with E-state index in [1.807, 2.05) is 16.7 Å². The molecule has 0 bridgehead atoms. The van der Waals surface area contributed by atoms with Crippen LogP contribution in [-0.4, -0.2) is 14.7 Å². The SMILES string of the molecule is Nc1nc2ccc(Cl)cc2n1Cc1ccno1. The topological polar surface area (TPSA) is 69.9 Å². The van der Waals surface area contributed by atoms with Crippen LogP contribution in [0.2, 0.25) is 5.02 Å². The first-order valence-electron chi connectivity index (χ1n) is 5.05. The molecule has 0 saturated carbocycles. The summed E-state index contributed by atoms with van der Waals surface area (Å²) in [5.41, 5.74) is 7.56. The van der Waals surface area contributed by atoms with Crippen LogP contribution < -0.4 is 5.73 Å². The number of hydrogen-bond acceptors (Lipinski definition) is 4. The van der Waals surface area contributed by atoms with Crippen molar-refractivity contribution < 1.29 is 4.52 Å². The number of imidazole rings is 1. The van der Waals surface area contributed by atoms with Gasteiger partial charge >= 0.3 is 0 Å². The minimum atomic E-state index is 0.429. The van der Waals surface area contributed by atoms with Gasteiger partial charge in [-0.05, 0) is 18.2 Å². The Hall–Kier alpha value is -2.01. The van der Waals surface area contributed by atoms with Gasteiger partial charge in [-0.3, -0.25) is 0 Å². The number of nitrogen functional groups attached to an aromatic ring is 1. The lowest BCUT2D eigenvalue weighted by molar-refractivity contribution is 0.378. The highest BCUT2D eigenvalue weighted by Crippen LogP contribution is 2.22. The summed E-state index contributed by atoms with van der Waals surface area (Å²) in [5, 5.41) is 4.30. The molecule has 86 valence electrons. The van der Waals surface area contributed by atoms with Crippen molar-refractivity contribution in [1.29, 1.82) is 0 Å². The molecule has 3 rings (SSSR count). The zero-order valence-corrected chi connectivity index (χ0v) is 9.55. The predicted molar refractivity (Wildman–Crippen MR) is 64.8 cm³/mol. The van der Waals surface area contributed by atoms with Gasteiger partial charge in [0.05, 0.1) is 23.8 Å². The zero-order chi connectivity index (χ0) is 11.8. The monoisotopic (exact) mass is 248 g/mol. The van der Waals surface area contributed by atoms with E-state index in [0.29, 0.717) is 17.5 Å². The summed E-state index contributed by atoms with van der Waals surface area (Å²) in [5.74, 6) is 1.15. The number of nitrogens with zero attached hydrogens (tertiary/aromatic N) is 3. The first-order chi connectivity index (χ1) is 8.24. The number of hydrogen-bond donors (Lipinski definition) is 1. The zero-order valence-electron chi connectivity index (χ0n) is 8.80. The quantitative estimate of drug-likeness (QED) is 0.756. The van der Waals surface area contributed by atoms with Crippen molar-refractivity contribution >= 4 is 28.6 Å². The molecule has 2 heterocycles. The molecule has 2 aromatic heterocycles. The fourth-order valence-electron chi connectivity index (χ4n) is 1.76. The number of rotatable bonds is 2. The average Bonchev–Trinajstić information content (AvgIpc) is 2.90. The van der Waals surface area contributed by atoms with Gasteiger partial charge in [-0.2, -0.15) is 0 Å². The first kappa shape index (κ1) is 10.2. The third-order valence-electron chi connectivity index (χ3n) is 2.55. The van der Waals surface area contributed by atoms with Crippen LogP contribution in [0.25, 0.3) is 11.0 Å². The number of anilines is 1. The number of fused-ring (bicyclic) bond motifs is 1. The molecular formula is C11H9ClN4O. The fourth-order valence-corrected chi connectivity index (χ4v) is 1.93. The molecule has 0 atom stereocenters. The maximum Gasteiger partial charge on any atom is 0.201 e. The number of aromatic nitrogens is 3. The molecule has 3 aromatic rings. The maximum atomic E-state index is 5.96. The molecule has 2 N–H and O–H groups in total. The summed E-state index contributed by atoms with van der Waals surface area (Å²) in [4.78, 5) is 4.25. The second-order valence-electron chi connectivity index (χ2n) is 3.67. The maximum absolute atomic E-state index is 5.96. The van der Waals surface area contributed by atoms with E-state index in [4.69, 9.17) is 21.9 Å². The Labute approximate surface area is 102 Å². The van der Waals surface area contributed by atoms with E-state index in [-0.39, 0.29) is 0 Å². The van der Waals surface area contributed by atoms with Crippen LogP contribution in [0.3, 0.4) is 0 Å². The lowest BCUT2D eigenvalue weighted by Gasteiger charge is -2.03. The molecule has 0 spiro atoms. The van der Waals surface area contributed by atoms with E-state index < -0.39 is 0 Å². The van der Waals surface area contributed by atoms with E-state index >= 15 is 0 Å². The molecule has 17 heavy (non-hydrogen) atoms. The van der Waals surface area contributed by atoms with E-state index in [9.17, 15) is 0 Å². The van der Waals surface area contributed by atoms with Crippen molar-refractivity contribution in [2.24, 2.45) is 0 Å². The van der Waals surface area contributed by atoms with Crippen molar-refractivity contribution in [2.75, 3.05) is 5.73 Å². The van der Waals surface area contributed by atoms with Gasteiger partial charge in [-0.15, -0.1) is 0 Å².